The molecule has 3 amide bonds. The third-order valence-corrected chi connectivity index (χ3v) is 6.07. The maximum Gasteiger partial charge on any atom is 0.273 e. The first-order valence-corrected chi connectivity index (χ1v) is 12.7. The maximum atomic E-state index is 12.8. The summed E-state index contributed by atoms with van der Waals surface area (Å²) in [6.45, 7) is 0.787. The number of rotatable bonds is 10. The predicted molar refractivity (Wildman–Crippen MR) is 155 cm³/mol. The highest BCUT2D eigenvalue weighted by Gasteiger charge is 2.16. The zero-order valence-electron chi connectivity index (χ0n) is 22.3. The smallest absolute Gasteiger partial charge is 0.273 e. The minimum atomic E-state index is -0.520. The Morgan fingerprint density at radius 3 is 2.15 bits per heavy atom. The molecule has 3 aromatic carbocycles. The summed E-state index contributed by atoms with van der Waals surface area (Å²) in [4.78, 5) is 48.3. The van der Waals surface area contributed by atoms with Crippen LogP contribution in [-0.2, 0) is 6.54 Å². The number of carbonyl (C=O) groups excluding carboxylic acids is 3. The summed E-state index contributed by atoms with van der Waals surface area (Å²) < 4.78 is 0. The lowest BCUT2D eigenvalue weighted by molar-refractivity contribution is 0.0925. The molecule has 10 heteroatoms. The summed E-state index contributed by atoms with van der Waals surface area (Å²) in [5.41, 5.74) is 9.85. The SMILES string of the molecule is CN(C)c1ccc(C(=O)NCCNC(=O)c2nc(-c3cccc(C(=O)NCc4ccccc4)c3)cnc2N)cc1. The third-order valence-electron chi connectivity index (χ3n) is 6.07. The molecule has 0 bridgehead atoms. The van der Waals surface area contributed by atoms with Crippen LogP contribution >= 0.6 is 0 Å². The van der Waals surface area contributed by atoms with E-state index in [1.54, 1.807) is 36.4 Å². The molecular formula is C30H31N7O3. The van der Waals surface area contributed by atoms with Crippen molar-refractivity contribution < 1.29 is 14.4 Å². The van der Waals surface area contributed by atoms with Crippen LogP contribution in [0.1, 0.15) is 36.8 Å². The molecular weight excluding hydrogens is 506 g/mol. The van der Waals surface area contributed by atoms with Crippen molar-refractivity contribution in [1.29, 1.82) is 0 Å². The van der Waals surface area contributed by atoms with Gasteiger partial charge in [0.2, 0.25) is 0 Å². The van der Waals surface area contributed by atoms with E-state index < -0.39 is 5.91 Å². The number of anilines is 2. The van der Waals surface area contributed by atoms with Gasteiger partial charge in [0.1, 0.15) is 0 Å². The molecule has 4 aromatic rings. The predicted octanol–water partition coefficient (Wildman–Crippen LogP) is 2.88. The molecule has 10 nitrogen and oxygen atoms in total. The number of nitrogens with zero attached hydrogens (tertiary/aromatic N) is 3. The Kier molecular flexibility index (Phi) is 9.03. The third kappa shape index (κ3) is 7.19. The topological polar surface area (TPSA) is 142 Å². The maximum absolute atomic E-state index is 12.8. The number of aromatic nitrogens is 2. The molecule has 0 spiro atoms. The number of nitrogens with one attached hydrogen (secondary N) is 3. The molecule has 5 N–H and O–H groups in total. The molecule has 4 rings (SSSR count). The highest BCUT2D eigenvalue weighted by Crippen LogP contribution is 2.20. The van der Waals surface area contributed by atoms with E-state index in [9.17, 15) is 14.4 Å². The lowest BCUT2D eigenvalue weighted by Gasteiger charge is -2.13. The molecule has 40 heavy (non-hydrogen) atoms. The van der Waals surface area contributed by atoms with E-state index in [1.807, 2.05) is 61.5 Å². The van der Waals surface area contributed by atoms with Gasteiger partial charge < -0.3 is 26.6 Å². The van der Waals surface area contributed by atoms with E-state index in [2.05, 4.69) is 25.9 Å². The van der Waals surface area contributed by atoms with Gasteiger partial charge in [0.25, 0.3) is 17.7 Å². The van der Waals surface area contributed by atoms with Crippen LogP contribution in [0.4, 0.5) is 11.5 Å². The number of hydrogen-bond acceptors (Lipinski definition) is 7. The van der Waals surface area contributed by atoms with Gasteiger partial charge in [-0.25, -0.2) is 9.97 Å². The quantitative estimate of drug-likeness (QED) is 0.228. The first kappa shape index (κ1) is 27.8. The number of benzene rings is 3. The Bertz CT molecular complexity index is 1490. The molecule has 0 aliphatic rings. The monoisotopic (exact) mass is 537 g/mol. The van der Waals surface area contributed by atoms with Crippen molar-refractivity contribution in [3.05, 3.63) is 107 Å². The second-order valence-electron chi connectivity index (χ2n) is 9.19. The van der Waals surface area contributed by atoms with E-state index in [-0.39, 0.29) is 36.4 Å². The molecule has 0 aliphatic carbocycles. The summed E-state index contributed by atoms with van der Waals surface area (Å²) in [6, 6.07) is 23.7. The van der Waals surface area contributed by atoms with Crippen molar-refractivity contribution in [2.45, 2.75) is 6.54 Å². The van der Waals surface area contributed by atoms with Gasteiger partial charge in [-0.3, -0.25) is 14.4 Å². The Morgan fingerprint density at radius 1 is 0.775 bits per heavy atom. The van der Waals surface area contributed by atoms with Gasteiger partial charge in [0.05, 0.1) is 11.9 Å². The molecule has 204 valence electrons. The number of carbonyl (C=O) groups is 3. The number of amides is 3. The summed E-state index contributed by atoms with van der Waals surface area (Å²) in [7, 11) is 3.85. The van der Waals surface area contributed by atoms with Crippen LogP contribution in [0.5, 0.6) is 0 Å². The van der Waals surface area contributed by atoms with Crippen molar-refractivity contribution in [2.24, 2.45) is 0 Å². The van der Waals surface area contributed by atoms with Gasteiger partial charge in [-0.2, -0.15) is 0 Å². The molecule has 0 aliphatic heterocycles. The summed E-state index contributed by atoms with van der Waals surface area (Å²) in [5, 5.41) is 8.37. The van der Waals surface area contributed by atoms with E-state index in [4.69, 9.17) is 5.73 Å². The highest BCUT2D eigenvalue weighted by atomic mass is 16.2. The Morgan fingerprint density at radius 2 is 1.45 bits per heavy atom. The zero-order valence-corrected chi connectivity index (χ0v) is 22.3. The minimum Gasteiger partial charge on any atom is -0.382 e. The molecule has 1 aromatic heterocycles. The zero-order chi connectivity index (χ0) is 28.5. The largest absolute Gasteiger partial charge is 0.382 e. The Labute approximate surface area is 232 Å². The van der Waals surface area contributed by atoms with Gasteiger partial charge in [0.15, 0.2) is 11.5 Å². The van der Waals surface area contributed by atoms with E-state index in [1.165, 1.54) is 6.20 Å². The van der Waals surface area contributed by atoms with Crippen LogP contribution in [0.15, 0.2) is 85.1 Å². The number of hydrogen-bond donors (Lipinski definition) is 4. The van der Waals surface area contributed by atoms with Gasteiger partial charge in [-0.05, 0) is 42.0 Å². The van der Waals surface area contributed by atoms with Crippen molar-refractivity contribution in [2.75, 3.05) is 37.8 Å². The molecule has 0 saturated heterocycles. The normalized spacial score (nSPS) is 10.4. The fourth-order valence-electron chi connectivity index (χ4n) is 3.85. The molecule has 0 unspecified atom stereocenters. The van der Waals surface area contributed by atoms with Crippen LogP contribution in [0, 0.1) is 0 Å². The fraction of sp³-hybridized carbons (Fsp3) is 0.167. The van der Waals surface area contributed by atoms with Crippen LogP contribution in [0.3, 0.4) is 0 Å². The van der Waals surface area contributed by atoms with Gasteiger partial charge in [0, 0.05) is 56.1 Å². The molecule has 0 radical (unpaired) electrons. The number of nitrogens with two attached hydrogens (primary N) is 1. The van der Waals surface area contributed by atoms with Crippen LogP contribution in [0.25, 0.3) is 11.3 Å². The first-order chi connectivity index (χ1) is 19.3. The lowest BCUT2D eigenvalue weighted by atomic mass is 10.1. The highest BCUT2D eigenvalue weighted by molar-refractivity contribution is 5.98. The van der Waals surface area contributed by atoms with Gasteiger partial charge in [-0.1, -0.05) is 42.5 Å². The molecule has 0 saturated carbocycles. The summed E-state index contributed by atoms with van der Waals surface area (Å²) in [6.07, 6.45) is 1.45. The van der Waals surface area contributed by atoms with Crippen molar-refractivity contribution in [3.63, 3.8) is 0 Å². The first-order valence-electron chi connectivity index (χ1n) is 12.7. The average molecular weight is 538 g/mol. The molecule has 1 heterocycles. The van der Waals surface area contributed by atoms with Gasteiger partial charge >= 0.3 is 0 Å². The standard InChI is InChI=1S/C30H31N7O3/c1-37(2)24-13-11-21(12-14-24)28(38)32-15-16-33-30(40)26-27(31)34-19-25(36-26)22-9-6-10-23(17-22)29(39)35-18-20-7-4-3-5-8-20/h3-14,17,19H,15-16,18H2,1-2H3,(H2,31,34)(H,32,38)(H,33,40)(H,35,39). The summed E-state index contributed by atoms with van der Waals surface area (Å²) >= 11 is 0. The molecule has 0 fully saturated rings. The number of nitrogen functional groups attached to an aromatic ring is 1. The van der Waals surface area contributed by atoms with Crippen LogP contribution < -0.4 is 26.6 Å². The second-order valence-corrected chi connectivity index (χ2v) is 9.19. The van der Waals surface area contributed by atoms with Crippen molar-refractivity contribution >= 4 is 29.2 Å². The Hall–Kier alpha value is -5.25. The summed E-state index contributed by atoms with van der Waals surface area (Å²) in [5.74, 6) is -1.02. The van der Waals surface area contributed by atoms with Crippen molar-refractivity contribution in [1.82, 2.24) is 25.9 Å². The fourth-order valence-corrected chi connectivity index (χ4v) is 3.85. The minimum absolute atomic E-state index is 0.0250. The van der Waals surface area contributed by atoms with E-state index in [0.29, 0.717) is 28.9 Å². The van der Waals surface area contributed by atoms with E-state index >= 15 is 0 Å². The van der Waals surface area contributed by atoms with E-state index in [0.717, 1.165) is 11.3 Å². The van der Waals surface area contributed by atoms with Crippen molar-refractivity contribution in [3.8, 4) is 11.3 Å². The van der Waals surface area contributed by atoms with Crippen LogP contribution in [0.2, 0.25) is 0 Å². The average Bonchev–Trinajstić information content (AvgIpc) is 2.98. The van der Waals surface area contributed by atoms with Gasteiger partial charge in [-0.15, -0.1) is 0 Å². The second kappa shape index (κ2) is 13.0. The lowest BCUT2D eigenvalue weighted by Crippen LogP contribution is -2.35. The van der Waals surface area contributed by atoms with Crippen LogP contribution in [-0.4, -0.2) is 54.9 Å². The Balaban J connectivity index is 1.34. The molecule has 0 atom stereocenters.